The summed E-state index contributed by atoms with van der Waals surface area (Å²) in [6.07, 6.45) is 7.61. The highest BCUT2D eigenvalue weighted by atomic mass is 16.2. The van der Waals surface area contributed by atoms with Crippen molar-refractivity contribution in [2.24, 2.45) is 5.92 Å². The first kappa shape index (κ1) is 14.9. The van der Waals surface area contributed by atoms with Gasteiger partial charge < -0.3 is 10.6 Å². The second-order valence-corrected chi connectivity index (χ2v) is 5.85. The molecule has 0 aliphatic carbocycles. The minimum absolute atomic E-state index is 0.150. The molecule has 1 aliphatic rings. The molecule has 0 bridgehead atoms. The summed E-state index contributed by atoms with van der Waals surface area (Å²) in [5, 5.41) is 0. The van der Waals surface area contributed by atoms with Crippen molar-refractivity contribution in [3.05, 3.63) is 29.8 Å². The Morgan fingerprint density at radius 2 is 1.85 bits per heavy atom. The van der Waals surface area contributed by atoms with Crippen LogP contribution in [-0.4, -0.2) is 23.9 Å². The average Bonchev–Trinajstić information content (AvgIpc) is 2.48. The number of rotatable bonds is 5. The van der Waals surface area contributed by atoms with Crippen LogP contribution in [0.25, 0.3) is 0 Å². The Hall–Kier alpha value is -1.51. The molecule has 1 heterocycles. The zero-order valence-corrected chi connectivity index (χ0v) is 12.5. The summed E-state index contributed by atoms with van der Waals surface area (Å²) >= 11 is 0. The van der Waals surface area contributed by atoms with E-state index in [-0.39, 0.29) is 5.91 Å². The van der Waals surface area contributed by atoms with Gasteiger partial charge in [-0.15, -0.1) is 0 Å². The van der Waals surface area contributed by atoms with Crippen molar-refractivity contribution in [3.63, 3.8) is 0 Å². The van der Waals surface area contributed by atoms with Gasteiger partial charge in [-0.2, -0.15) is 0 Å². The number of nitrogens with two attached hydrogens (primary N) is 1. The molecule has 20 heavy (non-hydrogen) atoms. The molecule has 0 spiro atoms. The van der Waals surface area contributed by atoms with Crippen LogP contribution in [0.2, 0.25) is 0 Å². The first-order valence-electron chi connectivity index (χ1n) is 7.85. The minimum Gasteiger partial charge on any atom is -0.399 e. The fourth-order valence-corrected chi connectivity index (χ4v) is 2.92. The zero-order chi connectivity index (χ0) is 14.4. The lowest BCUT2D eigenvalue weighted by Crippen LogP contribution is -2.38. The van der Waals surface area contributed by atoms with Crippen molar-refractivity contribution < 1.29 is 4.79 Å². The third-order valence-electron chi connectivity index (χ3n) is 4.28. The van der Waals surface area contributed by atoms with Gasteiger partial charge in [-0.05, 0) is 43.0 Å². The highest BCUT2D eigenvalue weighted by Crippen LogP contribution is 2.24. The number of anilines is 1. The third-order valence-corrected chi connectivity index (χ3v) is 4.28. The molecule has 1 aromatic carbocycles. The maximum Gasteiger partial charge on any atom is 0.253 e. The molecule has 0 atom stereocenters. The Kier molecular flexibility index (Phi) is 5.45. The quantitative estimate of drug-likeness (QED) is 0.657. The van der Waals surface area contributed by atoms with E-state index in [1.165, 1.54) is 25.7 Å². The summed E-state index contributed by atoms with van der Waals surface area (Å²) in [5.41, 5.74) is 7.11. The number of benzene rings is 1. The summed E-state index contributed by atoms with van der Waals surface area (Å²) in [4.78, 5) is 14.4. The van der Waals surface area contributed by atoms with E-state index in [1.54, 1.807) is 12.1 Å². The van der Waals surface area contributed by atoms with Crippen LogP contribution in [0.4, 0.5) is 5.69 Å². The van der Waals surface area contributed by atoms with Crippen molar-refractivity contribution >= 4 is 11.6 Å². The van der Waals surface area contributed by atoms with Gasteiger partial charge in [0.2, 0.25) is 0 Å². The van der Waals surface area contributed by atoms with Crippen LogP contribution in [0.5, 0.6) is 0 Å². The predicted molar refractivity (Wildman–Crippen MR) is 83.6 cm³/mol. The van der Waals surface area contributed by atoms with E-state index in [9.17, 15) is 4.79 Å². The Morgan fingerprint density at radius 1 is 1.20 bits per heavy atom. The van der Waals surface area contributed by atoms with E-state index in [4.69, 9.17) is 5.73 Å². The molecular weight excluding hydrogens is 248 g/mol. The van der Waals surface area contributed by atoms with Gasteiger partial charge in [0.1, 0.15) is 0 Å². The van der Waals surface area contributed by atoms with Crippen LogP contribution in [0.15, 0.2) is 24.3 Å². The zero-order valence-electron chi connectivity index (χ0n) is 12.5. The molecule has 1 fully saturated rings. The minimum atomic E-state index is 0.150. The number of hydrogen-bond acceptors (Lipinski definition) is 2. The van der Waals surface area contributed by atoms with Crippen LogP contribution in [0.1, 0.15) is 55.8 Å². The number of hydrogen-bond donors (Lipinski definition) is 1. The average molecular weight is 274 g/mol. The number of nitrogens with zero attached hydrogens (tertiary/aromatic N) is 1. The Bertz CT molecular complexity index is 419. The lowest BCUT2D eigenvalue weighted by atomic mass is 9.91. The smallest absolute Gasteiger partial charge is 0.253 e. The normalized spacial score (nSPS) is 16.4. The lowest BCUT2D eigenvalue weighted by Gasteiger charge is -2.32. The van der Waals surface area contributed by atoms with Gasteiger partial charge in [0.05, 0.1) is 0 Å². The molecule has 2 N–H and O–H groups in total. The van der Waals surface area contributed by atoms with E-state index >= 15 is 0 Å². The molecular formula is C17H26N2O. The van der Waals surface area contributed by atoms with E-state index in [1.807, 2.05) is 17.0 Å². The van der Waals surface area contributed by atoms with Gasteiger partial charge in [0.15, 0.2) is 0 Å². The number of carbonyl (C=O) groups is 1. The van der Waals surface area contributed by atoms with Crippen LogP contribution in [0.3, 0.4) is 0 Å². The molecule has 0 aromatic heterocycles. The van der Waals surface area contributed by atoms with E-state index < -0.39 is 0 Å². The monoisotopic (exact) mass is 274 g/mol. The number of amides is 1. The van der Waals surface area contributed by atoms with Crippen LogP contribution >= 0.6 is 0 Å². The summed E-state index contributed by atoms with van der Waals surface area (Å²) < 4.78 is 0. The maximum atomic E-state index is 12.4. The molecule has 0 saturated carbocycles. The summed E-state index contributed by atoms with van der Waals surface area (Å²) in [6, 6.07) is 7.24. The Balaban J connectivity index is 1.81. The van der Waals surface area contributed by atoms with Crippen molar-refractivity contribution in [1.82, 2.24) is 4.90 Å². The fourth-order valence-electron chi connectivity index (χ4n) is 2.92. The first-order chi connectivity index (χ1) is 9.70. The van der Waals surface area contributed by atoms with Gasteiger partial charge >= 0.3 is 0 Å². The maximum absolute atomic E-state index is 12.4. The van der Waals surface area contributed by atoms with E-state index in [2.05, 4.69) is 6.92 Å². The molecule has 2 rings (SSSR count). The Labute approximate surface area is 122 Å². The SMILES string of the molecule is CCCCCC1CCN(C(=O)c2ccc(N)cc2)CC1. The van der Waals surface area contributed by atoms with Gasteiger partial charge in [0, 0.05) is 24.3 Å². The van der Waals surface area contributed by atoms with Crippen LogP contribution < -0.4 is 5.73 Å². The van der Waals surface area contributed by atoms with Crippen LogP contribution in [-0.2, 0) is 0 Å². The fraction of sp³-hybridized carbons (Fsp3) is 0.588. The number of piperidine rings is 1. The molecule has 1 saturated heterocycles. The molecule has 1 amide bonds. The van der Waals surface area contributed by atoms with Gasteiger partial charge in [-0.25, -0.2) is 0 Å². The Morgan fingerprint density at radius 3 is 2.45 bits per heavy atom. The summed E-state index contributed by atoms with van der Waals surface area (Å²) in [6.45, 7) is 4.05. The number of likely N-dealkylation sites (tertiary alicyclic amines) is 1. The topological polar surface area (TPSA) is 46.3 Å². The van der Waals surface area contributed by atoms with Crippen molar-refractivity contribution in [3.8, 4) is 0 Å². The van der Waals surface area contributed by atoms with Crippen molar-refractivity contribution in [2.75, 3.05) is 18.8 Å². The largest absolute Gasteiger partial charge is 0.399 e. The highest BCUT2D eigenvalue weighted by Gasteiger charge is 2.23. The number of carbonyl (C=O) groups excluding carboxylic acids is 1. The molecule has 1 aromatic rings. The van der Waals surface area contributed by atoms with Gasteiger partial charge in [-0.3, -0.25) is 4.79 Å². The predicted octanol–water partition coefficient (Wildman–Crippen LogP) is 3.70. The standard InChI is InChI=1S/C17H26N2O/c1-2-3-4-5-14-10-12-19(13-11-14)17(20)15-6-8-16(18)9-7-15/h6-9,14H,2-5,10-13,18H2,1H3. The van der Waals surface area contributed by atoms with E-state index in [0.29, 0.717) is 5.69 Å². The first-order valence-corrected chi connectivity index (χ1v) is 7.85. The highest BCUT2D eigenvalue weighted by molar-refractivity contribution is 5.94. The van der Waals surface area contributed by atoms with Gasteiger partial charge in [-0.1, -0.05) is 32.6 Å². The number of unbranched alkanes of at least 4 members (excludes halogenated alkanes) is 2. The van der Waals surface area contributed by atoms with Crippen molar-refractivity contribution in [1.29, 1.82) is 0 Å². The summed E-state index contributed by atoms with van der Waals surface area (Å²) in [5.74, 6) is 0.967. The third kappa shape index (κ3) is 3.99. The molecule has 110 valence electrons. The van der Waals surface area contributed by atoms with Gasteiger partial charge in [0.25, 0.3) is 5.91 Å². The second-order valence-electron chi connectivity index (χ2n) is 5.85. The molecule has 1 aliphatic heterocycles. The number of nitrogen functional groups attached to an aromatic ring is 1. The molecule has 0 radical (unpaired) electrons. The van der Waals surface area contributed by atoms with Crippen LogP contribution in [0, 0.1) is 5.92 Å². The molecule has 3 heteroatoms. The molecule has 3 nitrogen and oxygen atoms in total. The van der Waals surface area contributed by atoms with E-state index in [0.717, 1.165) is 37.4 Å². The second kappa shape index (κ2) is 7.32. The lowest BCUT2D eigenvalue weighted by molar-refractivity contribution is 0.0686. The summed E-state index contributed by atoms with van der Waals surface area (Å²) in [7, 11) is 0. The van der Waals surface area contributed by atoms with Crippen molar-refractivity contribution in [2.45, 2.75) is 45.4 Å². The molecule has 0 unspecified atom stereocenters.